The smallest absolute Gasteiger partial charge is 0.280 e. The van der Waals surface area contributed by atoms with Crippen molar-refractivity contribution in [2.45, 2.75) is 25.5 Å². The molecular formula is C17H17N3O3. The number of carbonyl (C=O) groups excluding carboxylic acids is 1. The van der Waals surface area contributed by atoms with E-state index in [0.717, 1.165) is 5.01 Å². The summed E-state index contributed by atoms with van der Waals surface area (Å²) >= 11 is 0. The Morgan fingerprint density at radius 1 is 1.30 bits per heavy atom. The molecule has 2 heterocycles. The number of aliphatic hydroxyl groups is 1. The molecule has 1 aromatic carbocycles. The van der Waals surface area contributed by atoms with Gasteiger partial charge in [0.05, 0.1) is 5.56 Å². The van der Waals surface area contributed by atoms with Gasteiger partial charge in [-0.05, 0) is 24.6 Å². The Kier molecular flexibility index (Phi) is 3.83. The van der Waals surface area contributed by atoms with Crippen molar-refractivity contribution in [3.8, 4) is 5.75 Å². The summed E-state index contributed by atoms with van der Waals surface area (Å²) in [5, 5.41) is 26.3. The maximum absolute atomic E-state index is 12.8. The van der Waals surface area contributed by atoms with Gasteiger partial charge in [-0.3, -0.25) is 9.78 Å². The maximum atomic E-state index is 12.8. The highest BCUT2D eigenvalue weighted by Gasteiger charge is 2.46. The van der Waals surface area contributed by atoms with Crippen molar-refractivity contribution in [1.82, 2.24) is 9.99 Å². The van der Waals surface area contributed by atoms with Gasteiger partial charge in [0, 0.05) is 30.1 Å². The minimum absolute atomic E-state index is 0.0934. The lowest BCUT2D eigenvalue weighted by molar-refractivity contribution is -0.0768. The second-order valence-electron chi connectivity index (χ2n) is 5.39. The number of phenols is 1. The molecule has 6 nitrogen and oxygen atoms in total. The number of para-hydroxylation sites is 1. The van der Waals surface area contributed by atoms with Crippen molar-refractivity contribution in [2.75, 3.05) is 0 Å². The normalized spacial score (nSPS) is 20.4. The molecular weight excluding hydrogens is 294 g/mol. The average Bonchev–Trinajstić information content (AvgIpc) is 2.94. The number of benzene rings is 1. The van der Waals surface area contributed by atoms with E-state index in [9.17, 15) is 15.0 Å². The second kappa shape index (κ2) is 5.81. The maximum Gasteiger partial charge on any atom is 0.280 e. The summed E-state index contributed by atoms with van der Waals surface area (Å²) in [6.45, 7) is 1.91. The molecule has 1 atom stereocenters. The predicted molar refractivity (Wildman–Crippen MR) is 84.8 cm³/mol. The topological polar surface area (TPSA) is 86.0 Å². The molecule has 1 aliphatic rings. The van der Waals surface area contributed by atoms with Crippen LogP contribution in [0.3, 0.4) is 0 Å². The van der Waals surface area contributed by atoms with E-state index >= 15 is 0 Å². The van der Waals surface area contributed by atoms with Gasteiger partial charge in [0.1, 0.15) is 5.75 Å². The number of hydrogen-bond acceptors (Lipinski definition) is 5. The quantitative estimate of drug-likeness (QED) is 0.910. The zero-order valence-electron chi connectivity index (χ0n) is 12.7. The first-order chi connectivity index (χ1) is 11.1. The minimum atomic E-state index is -1.60. The summed E-state index contributed by atoms with van der Waals surface area (Å²) < 4.78 is 0. The first-order valence-corrected chi connectivity index (χ1v) is 7.38. The number of rotatable bonds is 3. The van der Waals surface area contributed by atoms with E-state index in [0.29, 0.717) is 17.7 Å². The summed E-state index contributed by atoms with van der Waals surface area (Å²) in [4.78, 5) is 16.8. The number of amides is 1. The van der Waals surface area contributed by atoms with Crippen LogP contribution in [-0.2, 0) is 5.72 Å². The number of phenolic OH excluding ortho intramolecular Hbond substituents is 1. The highest BCUT2D eigenvalue weighted by atomic mass is 16.3. The molecule has 0 aliphatic carbocycles. The van der Waals surface area contributed by atoms with E-state index in [1.807, 2.05) is 6.92 Å². The summed E-state index contributed by atoms with van der Waals surface area (Å²) in [5.41, 5.74) is -0.314. The fraction of sp³-hybridized carbons (Fsp3) is 0.235. The molecule has 23 heavy (non-hydrogen) atoms. The number of carbonyl (C=O) groups is 1. The number of hydrogen-bond donors (Lipinski definition) is 2. The molecule has 3 rings (SSSR count). The third-order valence-electron chi connectivity index (χ3n) is 3.90. The summed E-state index contributed by atoms with van der Waals surface area (Å²) in [7, 11) is 0. The zero-order chi connectivity index (χ0) is 16.4. The molecule has 1 amide bonds. The van der Waals surface area contributed by atoms with Crippen LogP contribution in [0.25, 0.3) is 0 Å². The van der Waals surface area contributed by atoms with Gasteiger partial charge in [0.15, 0.2) is 5.72 Å². The van der Waals surface area contributed by atoms with Gasteiger partial charge >= 0.3 is 0 Å². The molecule has 2 aromatic rings. The molecule has 1 aliphatic heterocycles. The molecule has 0 saturated heterocycles. The van der Waals surface area contributed by atoms with Crippen LogP contribution in [0.4, 0.5) is 0 Å². The van der Waals surface area contributed by atoms with Crippen LogP contribution in [0.15, 0.2) is 53.9 Å². The molecule has 2 N–H and O–H groups in total. The summed E-state index contributed by atoms with van der Waals surface area (Å²) in [6, 6.07) is 9.60. The Balaban J connectivity index is 2.05. The van der Waals surface area contributed by atoms with Crippen molar-refractivity contribution in [2.24, 2.45) is 5.10 Å². The lowest BCUT2D eigenvalue weighted by atomic mass is 9.97. The van der Waals surface area contributed by atoms with E-state index in [1.54, 1.807) is 30.5 Å². The van der Waals surface area contributed by atoms with Crippen molar-refractivity contribution < 1.29 is 15.0 Å². The summed E-state index contributed by atoms with van der Waals surface area (Å²) in [5.74, 6) is -0.705. The first kappa shape index (κ1) is 15.2. The van der Waals surface area contributed by atoms with Gasteiger partial charge in [-0.2, -0.15) is 10.1 Å². The standard InChI is InChI=1S/C17H17N3O3/c1-2-13-10-17(23,12-6-5-9-18-11-12)20(19-13)16(22)14-7-3-4-8-15(14)21/h3-9,11,21,23H,2,10H2,1H3/t17-/m1/s1. The van der Waals surface area contributed by atoms with Crippen molar-refractivity contribution >= 4 is 11.6 Å². The van der Waals surface area contributed by atoms with E-state index in [-0.39, 0.29) is 17.7 Å². The van der Waals surface area contributed by atoms with Crippen LogP contribution >= 0.6 is 0 Å². The predicted octanol–water partition coefficient (Wildman–Crippen LogP) is 2.24. The lowest BCUT2D eigenvalue weighted by Crippen LogP contribution is -2.43. The largest absolute Gasteiger partial charge is 0.507 e. The van der Waals surface area contributed by atoms with Crippen molar-refractivity contribution in [1.29, 1.82) is 0 Å². The Morgan fingerprint density at radius 2 is 2.09 bits per heavy atom. The van der Waals surface area contributed by atoms with E-state index in [4.69, 9.17) is 0 Å². The third kappa shape index (κ3) is 2.57. The fourth-order valence-corrected chi connectivity index (χ4v) is 2.62. The highest BCUT2D eigenvalue weighted by molar-refractivity contribution is 6.00. The van der Waals surface area contributed by atoms with Crippen LogP contribution < -0.4 is 0 Å². The monoisotopic (exact) mass is 311 g/mol. The Labute approximate surface area is 133 Å². The molecule has 0 radical (unpaired) electrons. The molecule has 0 unspecified atom stereocenters. The second-order valence-corrected chi connectivity index (χ2v) is 5.39. The van der Waals surface area contributed by atoms with Gasteiger partial charge in [-0.1, -0.05) is 25.1 Å². The van der Waals surface area contributed by atoms with Crippen molar-refractivity contribution in [3.63, 3.8) is 0 Å². The molecule has 0 bridgehead atoms. The van der Waals surface area contributed by atoms with Crippen LogP contribution in [0, 0.1) is 0 Å². The molecule has 6 heteroatoms. The van der Waals surface area contributed by atoms with Crippen LogP contribution in [-0.4, -0.2) is 31.8 Å². The lowest BCUT2D eigenvalue weighted by Gasteiger charge is -2.31. The molecule has 1 aromatic heterocycles. The minimum Gasteiger partial charge on any atom is -0.507 e. The van der Waals surface area contributed by atoms with Crippen LogP contribution in [0.2, 0.25) is 0 Å². The number of aromatic nitrogens is 1. The SMILES string of the molecule is CCC1=NN(C(=O)c2ccccc2O)[C@](O)(c2cccnc2)C1. The summed E-state index contributed by atoms with van der Waals surface area (Å²) in [6.07, 6.45) is 3.94. The molecule has 0 fully saturated rings. The van der Waals surface area contributed by atoms with E-state index in [1.165, 1.54) is 18.3 Å². The van der Waals surface area contributed by atoms with Crippen LogP contribution in [0.1, 0.15) is 35.7 Å². The van der Waals surface area contributed by atoms with Crippen LogP contribution in [0.5, 0.6) is 5.75 Å². The highest BCUT2D eigenvalue weighted by Crippen LogP contribution is 2.37. The Bertz CT molecular complexity index is 761. The first-order valence-electron chi connectivity index (χ1n) is 7.38. The van der Waals surface area contributed by atoms with Gasteiger partial charge in [-0.25, -0.2) is 0 Å². The Hall–Kier alpha value is -2.73. The number of pyridine rings is 1. The Morgan fingerprint density at radius 3 is 2.74 bits per heavy atom. The molecule has 118 valence electrons. The van der Waals surface area contributed by atoms with Gasteiger partial charge in [0.25, 0.3) is 5.91 Å². The van der Waals surface area contributed by atoms with E-state index < -0.39 is 11.6 Å². The number of hydrazone groups is 1. The zero-order valence-corrected chi connectivity index (χ0v) is 12.7. The molecule has 0 saturated carbocycles. The average molecular weight is 311 g/mol. The number of nitrogens with zero attached hydrogens (tertiary/aromatic N) is 3. The van der Waals surface area contributed by atoms with Gasteiger partial charge < -0.3 is 10.2 Å². The number of aromatic hydroxyl groups is 1. The van der Waals surface area contributed by atoms with Gasteiger partial charge in [-0.15, -0.1) is 0 Å². The fourth-order valence-electron chi connectivity index (χ4n) is 2.62. The van der Waals surface area contributed by atoms with Crippen molar-refractivity contribution in [3.05, 3.63) is 59.9 Å². The van der Waals surface area contributed by atoms with E-state index in [2.05, 4.69) is 10.1 Å². The molecule has 0 spiro atoms. The third-order valence-corrected chi connectivity index (χ3v) is 3.90. The van der Waals surface area contributed by atoms with Gasteiger partial charge in [0.2, 0.25) is 0 Å².